The fraction of sp³-hybridized carbons (Fsp3) is 0.333. The quantitative estimate of drug-likeness (QED) is 0.834. The Labute approximate surface area is 126 Å². The van der Waals surface area contributed by atoms with Gasteiger partial charge in [0.2, 0.25) is 6.79 Å². The molecule has 3 rings (SSSR count). The zero-order valence-corrected chi connectivity index (χ0v) is 12.6. The number of rotatable bonds is 5. The maximum atomic E-state index is 5.60. The van der Waals surface area contributed by atoms with E-state index in [9.17, 15) is 0 Å². The van der Waals surface area contributed by atoms with Crippen molar-refractivity contribution in [2.45, 2.75) is 26.9 Å². The highest BCUT2D eigenvalue weighted by atomic mass is 16.7. The first-order valence-electron chi connectivity index (χ1n) is 7.41. The van der Waals surface area contributed by atoms with Gasteiger partial charge >= 0.3 is 0 Å². The smallest absolute Gasteiger partial charge is 0.231 e. The van der Waals surface area contributed by atoms with E-state index < -0.39 is 0 Å². The van der Waals surface area contributed by atoms with Crippen molar-refractivity contribution >= 4 is 0 Å². The van der Waals surface area contributed by atoms with Crippen molar-refractivity contribution in [1.29, 1.82) is 0 Å². The van der Waals surface area contributed by atoms with Crippen LogP contribution in [-0.2, 0) is 13.1 Å². The fourth-order valence-electron chi connectivity index (χ4n) is 2.70. The zero-order chi connectivity index (χ0) is 14.7. The molecule has 1 aliphatic rings. The predicted octanol–water partition coefficient (Wildman–Crippen LogP) is 3.75. The highest BCUT2D eigenvalue weighted by Gasteiger charge is 2.18. The molecule has 0 saturated carbocycles. The minimum atomic E-state index is 0.330. The molecule has 2 aromatic carbocycles. The summed E-state index contributed by atoms with van der Waals surface area (Å²) in [6.07, 6.45) is 0. The Hall–Kier alpha value is -2.00. The Bertz CT molecular complexity index is 624. The average Bonchev–Trinajstić information content (AvgIpc) is 2.96. The van der Waals surface area contributed by atoms with Gasteiger partial charge < -0.3 is 9.47 Å². The molecule has 0 unspecified atom stereocenters. The maximum absolute atomic E-state index is 5.60. The lowest BCUT2D eigenvalue weighted by Gasteiger charge is -2.21. The minimum Gasteiger partial charge on any atom is -0.454 e. The van der Waals surface area contributed by atoms with Crippen LogP contribution in [0, 0.1) is 6.92 Å². The number of ether oxygens (including phenoxy) is 2. The van der Waals surface area contributed by atoms with E-state index in [1.807, 2.05) is 12.1 Å². The molecule has 1 heterocycles. The first kappa shape index (κ1) is 14.0. The molecule has 0 aromatic heterocycles. The van der Waals surface area contributed by atoms with Crippen LogP contribution < -0.4 is 9.47 Å². The predicted molar refractivity (Wildman–Crippen MR) is 83.5 cm³/mol. The number of aryl methyl sites for hydroxylation is 1. The van der Waals surface area contributed by atoms with Gasteiger partial charge in [-0.1, -0.05) is 48.9 Å². The van der Waals surface area contributed by atoms with Crippen LogP contribution in [-0.4, -0.2) is 18.2 Å². The van der Waals surface area contributed by atoms with Gasteiger partial charge in [-0.15, -0.1) is 0 Å². The number of hydrogen-bond donors (Lipinski definition) is 0. The number of hydrogen-bond acceptors (Lipinski definition) is 3. The van der Waals surface area contributed by atoms with E-state index >= 15 is 0 Å². The topological polar surface area (TPSA) is 21.7 Å². The number of para-hydroxylation sites is 1. The number of fused-ring (bicyclic) bond motifs is 1. The Kier molecular flexibility index (Phi) is 4.11. The monoisotopic (exact) mass is 283 g/mol. The number of benzene rings is 2. The third kappa shape index (κ3) is 3.19. The Morgan fingerprint density at radius 3 is 2.71 bits per heavy atom. The molecule has 0 radical (unpaired) electrons. The van der Waals surface area contributed by atoms with Gasteiger partial charge in [-0.2, -0.15) is 0 Å². The lowest BCUT2D eigenvalue weighted by atomic mass is 10.1. The van der Waals surface area contributed by atoms with E-state index in [0.717, 1.165) is 31.1 Å². The molecule has 0 bridgehead atoms. The summed E-state index contributed by atoms with van der Waals surface area (Å²) >= 11 is 0. The first-order valence-corrected chi connectivity index (χ1v) is 7.41. The molecule has 0 amide bonds. The van der Waals surface area contributed by atoms with E-state index in [1.165, 1.54) is 16.7 Å². The van der Waals surface area contributed by atoms with Crippen LogP contribution in [0.5, 0.6) is 11.5 Å². The van der Waals surface area contributed by atoms with Gasteiger partial charge in [-0.3, -0.25) is 4.90 Å². The summed E-state index contributed by atoms with van der Waals surface area (Å²) < 4.78 is 11.0. The van der Waals surface area contributed by atoms with E-state index in [1.54, 1.807) is 0 Å². The average molecular weight is 283 g/mol. The van der Waals surface area contributed by atoms with Gasteiger partial charge in [0.1, 0.15) is 0 Å². The van der Waals surface area contributed by atoms with Crippen LogP contribution in [0.2, 0.25) is 0 Å². The molecule has 0 fully saturated rings. The molecule has 0 aliphatic carbocycles. The van der Waals surface area contributed by atoms with Crippen LogP contribution >= 0.6 is 0 Å². The molecule has 1 aliphatic heterocycles. The van der Waals surface area contributed by atoms with E-state index in [4.69, 9.17) is 9.47 Å². The summed E-state index contributed by atoms with van der Waals surface area (Å²) in [6.45, 7) is 7.47. The summed E-state index contributed by atoms with van der Waals surface area (Å²) in [4.78, 5) is 2.41. The molecule has 3 heteroatoms. The standard InChI is InChI=1S/C18H21NO2/c1-3-19(11-15-7-4-6-14(2)10-15)12-16-8-5-9-17-18(16)21-13-20-17/h4-10H,3,11-13H2,1-2H3. The lowest BCUT2D eigenvalue weighted by molar-refractivity contribution is 0.171. The zero-order valence-electron chi connectivity index (χ0n) is 12.6. The van der Waals surface area contributed by atoms with Crippen molar-refractivity contribution in [3.05, 3.63) is 59.2 Å². The van der Waals surface area contributed by atoms with Gasteiger partial charge in [-0.25, -0.2) is 0 Å². The first-order chi connectivity index (χ1) is 10.3. The molecule has 110 valence electrons. The fourth-order valence-corrected chi connectivity index (χ4v) is 2.70. The minimum absolute atomic E-state index is 0.330. The molecule has 2 aromatic rings. The summed E-state index contributed by atoms with van der Waals surface area (Å²) in [7, 11) is 0. The lowest BCUT2D eigenvalue weighted by Crippen LogP contribution is -2.22. The van der Waals surface area contributed by atoms with Crippen LogP contribution in [0.15, 0.2) is 42.5 Å². The van der Waals surface area contributed by atoms with E-state index in [-0.39, 0.29) is 0 Å². The van der Waals surface area contributed by atoms with Crippen molar-refractivity contribution in [2.24, 2.45) is 0 Å². The second kappa shape index (κ2) is 6.19. The summed E-state index contributed by atoms with van der Waals surface area (Å²) in [5.74, 6) is 1.76. The van der Waals surface area contributed by atoms with Gasteiger partial charge in [0.25, 0.3) is 0 Å². The van der Waals surface area contributed by atoms with Gasteiger partial charge in [0.05, 0.1) is 0 Å². The third-order valence-corrected chi connectivity index (χ3v) is 3.81. The van der Waals surface area contributed by atoms with Crippen molar-refractivity contribution in [2.75, 3.05) is 13.3 Å². The highest BCUT2D eigenvalue weighted by molar-refractivity contribution is 5.48. The molecular formula is C18H21NO2. The van der Waals surface area contributed by atoms with Crippen LogP contribution in [0.25, 0.3) is 0 Å². The van der Waals surface area contributed by atoms with Gasteiger partial charge in [0, 0.05) is 18.7 Å². The largest absolute Gasteiger partial charge is 0.454 e. The van der Waals surface area contributed by atoms with Crippen molar-refractivity contribution in [1.82, 2.24) is 4.90 Å². The SMILES string of the molecule is CCN(Cc1cccc(C)c1)Cc1cccc2c1OCO2. The number of nitrogens with zero attached hydrogens (tertiary/aromatic N) is 1. The Morgan fingerprint density at radius 2 is 1.90 bits per heavy atom. The molecule has 0 saturated heterocycles. The molecular weight excluding hydrogens is 262 g/mol. The van der Waals surface area contributed by atoms with Crippen LogP contribution in [0.1, 0.15) is 23.6 Å². The maximum Gasteiger partial charge on any atom is 0.231 e. The molecule has 3 nitrogen and oxygen atoms in total. The van der Waals surface area contributed by atoms with Gasteiger partial charge in [0.15, 0.2) is 11.5 Å². The van der Waals surface area contributed by atoms with E-state index in [2.05, 4.69) is 49.1 Å². The molecule has 0 N–H and O–H groups in total. The second-order valence-electron chi connectivity index (χ2n) is 5.44. The second-order valence-corrected chi connectivity index (χ2v) is 5.44. The van der Waals surface area contributed by atoms with Gasteiger partial charge in [-0.05, 0) is 25.1 Å². The summed E-state index contributed by atoms with van der Waals surface area (Å²) in [6, 6.07) is 14.8. The molecule has 21 heavy (non-hydrogen) atoms. The van der Waals surface area contributed by atoms with Crippen molar-refractivity contribution < 1.29 is 9.47 Å². The highest BCUT2D eigenvalue weighted by Crippen LogP contribution is 2.36. The Balaban J connectivity index is 1.74. The van der Waals surface area contributed by atoms with Crippen LogP contribution in [0.3, 0.4) is 0 Å². The summed E-state index contributed by atoms with van der Waals surface area (Å²) in [5, 5.41) is 0. The summed E-state index contributed by atoms with van der Waals surface area (Å²) in [5.41, 5.74) is 3.85. The molecule has 0 atom stereocenters. The normalized spacial score (nSPS) is 12.9. The van der Waals surface area contributed by atoms with Crippen molar-refractivity contribution in [3.63, 3.8) is 0 Å². The molecule has 0 spiro atoms. The Morgan fingerprint density at radius 1 is 1.05 bits per heavy atom. The third-order valence-electron chi connectivity index (χ3n) is 3.81. The van der Waals surface area contributed by atoms with Crippen LogP contribution in [0.4, 0.5) is 0 Å². The van der Waals surface area contributed by atoms with Crippen molar-refractivity contribution in [3.8, 4) is 11.5 Å². The van der Waals surface area contributed by atoms with E-state index in [0.29, 0.717) is 6.79 Å².